The Morgan fingerprint density at radius 2 is 1.69 bits per heavy atom. The first-order chi connectivity index (χ1) is 20.2. The van der Waals surface area contributed by atoms with E-state index in [4.69, 9.17) is 5.26 Å². The van der Waals surface area contributed by atoms with Crippen molar-refractivity contribution in [2.75, 3.05) is 42.5 Å². The molecule has 0 unspecified atom stereocenters. The number of nitrogens with zero attached hydrogens (tertiary/aromatic N) is 6. The number of thiol groups is 1. The molecule has 3 aromatic rings. The minimum atomic E-state index is -0.245. The predicted molar refractivity (Wildman–Crippen MR) is 166 cm³/mol. The number of aromatic nitrogens is 2. The van der Waals surface area contributed by atoms with Crippen LogP contribution in [0, 0.1) is 11.3 Å². The van der Waals surface area contributed by atoms with Crippen LogP contribution in [0.15, 0.2) is 61.1 Å². The number of primary amides is 1. The van der Waals surface area contributed by atoms with E-state index in [2.05, 4.69) is 39.6 Å². The summed E-state index contributed by atoms with van der Waals surface area (Å²) < 4.78 is 2.01. The zero-order chi connectivity index (χ0) is 30.5. The second-order valence-corrected chi connectivity index (χ2v) is 10.1. The molecule has 42 heavy (non-hydrogen) atoms. The first-order valence-electron chi connectivity index (χ1n) is 13.9. The molecule has 0 atom stereocenters. The van der Waals surface area contributed by atoms with Gasteiger partial charge in [0.1, 0.15) is 0 Å². The second-order valence-electron chi connectivity index (χ2n) is 9.73. The first kappa shape index (κ1) is 32.0. The van der Waals surface area contributed by atoms with Crippen LogP contribution >= 0.6 is 12.6 Å². The number of carbonyl (C=O) groups excluding carboxylic acids is 3. The number of hydrogen-bond acceptors (Lipinski definition) is 6. The third-order valence-corrected chi connectivity index (χ3v) is 7.03. The molecule has 3 N–H and O–H groups in total. The Morgan fingerprint density at radius 3 is 2.24 bits per heavy atom. The molecule has 4 rings (SSSR count). The summed E-state index contributed by atoms with van der Waals surface area (Å²) in [6.07, 6.45) is 4.82. The molecule has 0 bridgehead atoms. The SMILES string of the molecule is CCC(N)=O.CCCNC(=O)N(Cc1cncn1Cc1ccc(C#N)cc1)c1ccc(N2CCN(C(=O)S)CC2)cc1. The normalized spacial score (nSPS) is 12.5. The molecule has 12 heteroatoms. The Labute approximate surface area is 252 Å². The van der Waals surface area contributed by atoms with Crippen LogP contribution in [-0.2, 0) is 17.9 Å². The van der Waals surface area contributed by atoms with Crippen LogP contribution in [0.1, 0.15) is 43.5 Å². The maximum atomic E-state index is 13.2. The highest BCUT2D eigenvalue weighted by Crippen LogP contribution is 2.24. The maximum absolute atomic E-state index is 13.2. The largest absolute Gasteiger partial charge is 0.370 e. The maximum Gasteiger partial charge on any atom is 0.322 e. The van der Waals surface area contributed by atoms with E-state index in [1.54, 1.807) is 41.4 Å². The van der Waals surface area contributed by atoms with E-state index < -0.39 is 0 Å². The van der Waals surface area contributed by atoms with Gasteiger partial charge in [-0.05, 0) is 48.4 Å². The molecular formula is C30H38N8O3S. The van der Waals surface area contributed by atoms with Crippen LogP contribution in [0.2, 0.25) is 0 Å². The summed E-state index contributed by atoms with van der Waals surface area (Å²) in [5, 5.41) is 11.8. The Kier molecular flexibility index (Phi) is 12.3. The Balaban J connectivity index is 0.000000892. The molecule has 2 aromatic carbocycles. The lowest BCUT2D eigenvalue weighted by Gasteiger charge is -2.35. The van der Waals surface area contributed by atoms with Crippen LogP contribution in [0.5, 0.6) is 0 Å². The standard InChI is InChI=1S/C27H31N7O2S.C3H7NO/c1-2-11-30-26(35)34(19-25-17-29-20-33(25)18-22-5-3-21(16-28)4-6-22)24-9-7-23(8-10-24)31-12-14-32(15-13-31)27(36)37;1-2-3(4)5/h3-10,17,20H,2,11-15,18-19H2,1H3,(H,30,35)(H,36,37);2H2,1H3,(H2,4,5). The predicted octanol–water partition coefficient (Wildman–Crippen LogP) is 3.98. The average Bonchev–Trinajstić information content (AvgIpc) is 3.45. The molecule has 1 aliphatic heterocycles. The van der Waals surface area contributed by atoms with Gasteiger partial charge in [-0.2, -0.15) is 5.26 Å². The summed E-state index contributed by atoms with van der Waals surface area (Å²) in [6, 6.07) is 17.4. The molecular weight excluding hydrogens is 552 g/mol. The van der Waals surface area contributed by atoms with Crippen LogP contribution in [0.4, 0.5) is 21.0 Å². The monoisotopic (exact) mass is 590 g/mol. The minimum absolute atomic E-state index is 0.165. The Morgan fingerprint density at radius 1 is 1.05 bits per heavy atom. The molecule has 1 fully saturated rings. The van der Waals surface area contributed by atoms with E-state index in [1.807, 2.05) is 47.9 Å². The lowest BCUT2D eigenvalue weighted by Crippen LogP contribution is -2.47. The van der Waals surface area contributed by atoms with Gasteiger partial charge in [0.2, 0.25) is 5.91 Å². The van der Waals surface area contributed by atoms with Gasteiger partial charge < -0.3 is 25.4 Å². The van der Waals surface area contributed by atoms with Crippen molar-refractivity contribution in [3.05, 3.63) is 77.9 Å². The highest BCUT2D eigenvalue weighted by atomic mass is 32.1. The summed E-state index contributed by atoms with van der Waals surface area (Å²) >= 11 is 3.92. The van der Waals surface area contributed by atoms with Crippen molar-refractivity contribution < 1.29 is 14.4 Å². The zero-order valence-electron chi connectivity index (χ0n) is 24.1. The number of imidazole rings is 1. The van der Waals surface area contributed by atoms with Gasteiger partial charge in [0.25, 0.3) is 5.24 Å². The van der Waals surface area contributed by atoms with Gasteiger partial charge in [-0.15, -0.1) is 0 Å². The van der Waals surface area contributed by atoms with Gasteiger partial charge in [0.15, 0.2) is 0 Å². The van der Waals surface area contributed by atoms with Gasteiger partial charge >= 0.3 is 6.03 Å². The minimum Gasteiger partial charge on any atom is -0.370 e. The highest BCUT2D eigenvalue weighted by Gasteiger charge is 2.21. The quantitative estimate of drug-likeness (QED) is 0.322. The van der Waals surface area contributed by atoms with Gasteiger partial charge in [-0.3, -0.25) is 14.5 Å². The van der Waals surface area contributed by atoms with Gasteiger partial charge in [0, 0.05) is 63.3 Å². The molecule has 2 heterocycles. The van der Waals surface area contributed by atoms with Crippen molar-refractivity contribution in [3.63, 3.8) is 0 Å². The summed E-state index contributed by atoms with van der Waals surface area (Å²) in [6.45, 7) is 8.03. The molecule has 0 radical (unpaired) electrons. The second kappa shape index (κ2) is 16.1. The summed E-state index contributed by atoms with van der Waals surface area (Å²) in [5.41, 5.74) is 9.05. The molecule has 4 amide bonds. The van der Waals surface area contributed by atoms with E-state index >= 15 is 0 Å². The van der Waals surface area contributed by atoms with Crippen LogP contribution in [0.3, 0.4) is 0 Å². The Bertz CT molecular complexity index is 1360. The lowest BCUT2D eigenvalue weighted by molar-refractivity contribution is -0.117. The molecule has 1 aromatic heterocycles. The fraction of sp³-hybridized carbons (Fsp3) is 0.367. The smallest absolute Gasteiger partial charge is 0.322 e. The number of rotatable bonds is 9. The van der Waals surface area contributed by atoms with Crippen LogP contribution in [-0.4, -0.2) is 64.4 Å². The van der Waals surface area contributed by atoms with E-state index in [1.165, 1.54) is 0 Å². The van der Waals surface area contributed by atoms with Gasteiger partial charge in [0.05, 0.1) is 30.2 Å². The average molecular weight is 591 g/mol. The molecule has 0 spiro atoms. The van der Waals surface area contributed by atoms with Crippen LogP contribution in [0.25, 0.3) is 0 Å². The van der Waals surface area contributed by atoms with Crippen molar-refractivity contribution in [1.29, 1.82) is 5.26 Å². The number of amides is 4. The van der Waals surface area contributed by atoms with Gasteiger partial charge in [-0.1, -0.05) is 38.6 Å². The topological polar surface area (TPSA) is 141 Å². The number of carbonyl (C=O) groups is 3. The van der Waals surface area contributed by atoms with Crippen molar-refractivity contribution >= 4 is 41.2 Å². The third-order valence-electron chi connectivity index (χ3n) is 6.75. The number of nitrogens with two attached hydrogens (primary N) is 1. The van der Waals surface area contributed by atoms with E-state index in [0.717, 1.165) is 42.1 Å². The van der Waals surface area contributed by atoms with E-state index in [-0.39, 0.29) is 17.2 Å². The van der Waals surface area contributed by atoms with E-state index in [0.29, 0.717) is 44.7 Å². The van der Waals surface area contributed by atoms with Crippen molar-refractivity contribution in [1.82, 2.24) is 19.8 Å². The molecule has 1 aliphatic rings. The number of piperazine rings is 1. The lowest BCUT2D eigenvalue weighted by atomic mass is 10.1. The van der Waals surface area contributed by atoms with Crippen molar-refractivity contribution in [2.24, 2.45) is 5.73 Å². The number of benzene rings is 2. The van der Waals surface area contributed by atoms with Gasteiger partial charge in [-0.25, -0.2) is 9.78 Å². The third kappa shape index (κ3) is 9.27. The molecule has 0 aliphatic carbocycles. The summed E-state index contributed by atoms with van der Waals surface area (Å²) in [5.74, 6) is -0.245. The Hall–Kier alpha value is -4.50. The number of hydrogen-bond donors (Lipinski definition) is 3. The number of nitriles is 1. The number of anilines is 2. The summed E-state index contributed by atoms with van der Waals surface area (Å²) in [7, 11) is 0. The highest BCUT2D eigenvalue weighted by molar-refractivity contribution is 7.96. The van der Waals surface area contributed by atoms with E-state index in [9.17, 15) is 14.4 Å². The fourth-order valence-electron chi connectivity index (χ4n) is 4.27. The van der Waals surface area contributed by atoms with Crippen LogP contribution < -0.4 is 20.9 Å². The molecule has 1 saturated heterocycles. The first-order valence-corrected chi connectivity index (χ1v) is 14.3. The number of urea groups is 1. The molecule has 0 saturated carbocycles. The number of nitrogens with one attached hydrogen (secondary N) is 1. The zero-order valence-corrected chi connectivity index (χ0v) is 25.0. The molecule has 11 nitrogen and oxygen atoms in total. The van der Waals surface area contributed by atoms with Crippen molar-refractivity contribution in [2.45, 2.75) is 39.8 Å². The van der Waals surface area contributed by atoms with Crippen molar-refractivity contribution in [3.8, 4) is 6.07 Å². The molecule has 222 valence electrons. The fourth-order valence-corrected chi connectivity index (χ4v) is 4.47. The summed E-state index contributed by atoms with van der Waals surface area (Å²) in [4.78, 5) is 44.2.